The highest BCUT2D eigenvalue weighted by molar-refractivity contribution is 7.18. The molecule has 0 aliphatic rings. The van der Waals surface area contributed by atoms with Gasteiger partial charge in [0.1, 0.15) is 0 Å². The van der Waals surface area contributed by atoms with Gasteiger partial charge in [-0.05, 0) is 24.3 Å². The molecule has 0 unspecified atom stereocenters. The highest BCUT2D eigenvalue weighted by atomic mass is 35.5. The fraction of sp³-hybridized carbons (Fsp3) is 0.0833. The van der Waals surface area contributed by atoms with Crippen molar-refractivity contribution in [2.24, 2.45) is 0 Å². The van der Waals surface area contributed by atoms with E-state index < -0.39 is 0 Å². The lowest BCUT2D eigenvalue weighted by molar-refractivity contribution is 0.0926. The molecule has 0 radical (unpaired) electrons. The van der Waals surface area contributed by atoms with E-state index in [0.29, 0.717) is 14.2 Å². The van der Waals surface area contributed by atoms with Gasteiger partial charge in [0, 0.05) is 5.02 Å². The first kappa shape index (κ1) is 14.9. The number of ketones is 1. The summed E-state index contributed by atoms with van der Waals surface area (Å²) in [5.41, 5.74) is 0. The number of hydrogen-bond donors (Lipinski definition) is 0. The van der Waals surface area contributed by atoms with Crippen molar-refractivity contribution in [2.75, 3.05) is 6.61 Å². The Hall–Kier alpha value is -0.450. The number of thiophene rings is 1. The molecule has 0 fully saturated rings. The number of carbonyl (C=O) groups is 1. The van der Waals surface area contributed by atoms with Crippen molar-refractivity contribution in [1.82, 2.24) is 0 Å². The maximum Gasteiger partial charge on any atom is 0.210 e. The number of ether oxygens (including phenoxy) is 1. The fourth-order valence-corrected chi connectivity index (χ4v) is 3.23. The first-order valence-corrected chi connectivity index (χ1v) is 7.36. The van der Waals surface area contributed by atoms with Crippen LogP contribution in [0.2, 0.25) is 19.4 Å². The van der Waals surface area contributed by atoms with Crippen molar-refractivity contribution in [3.63, 3.8) is 0 Å². The average Bonchev–Trinajstić information content (AvgIpc) is 2.74. The molecule has 0 saturated heterocycles. The Labute approximate surface area is 133 Å². The summed E-state index contributed by atoms with van der Waals surface area (Å²) >= 11 is 24.6. The van der Waals surface area contributed by atoms with E-state index in [1.165, 1.54) is 23.5 Å². The Balaban J connectivity index is 2.09. The van der Waals surface area contributed by atoms with E-state index in [1.807, 2.05) is 0 Å². The number of benzene rings is 1. The van der Waals surface area contributed by atoms with Crippen LogP contribution in [0, 0.1) is 0 Å². The fourth-order valence-electron chi connectivity index (χ4n) is 1.34. The summed E-state index contributed by atoms with van der Waals surface area (Å²) in [6.45, 7) is -0.169. The highest BCUT2D eigenvalue weighted by Crippen LogP contribution is 2.36. The van der Waals surface area contributed by atoms with Gasteiger partial charge >= 0.3 is 0 Å². The molecule has 0 aliphatic heterocycles. The number of hydrogen-bond acceptors (Lipinski definition) is 3. The highest BCUT2D eigenvalue weighted by Gasteiger charge is 2.13. The summed E-state index contributed by atoms with van der Waals surface area (Å²) in [4.78, 5) is 12.4. The Kier molecular flexibility index (Phi) is 4.98. The number of Topliss-reactive ketones (excluding diaryl/α,β-unsaturated/α-hetero) is 1. The molecular formula is C12H6Cl4O2S. The van der Waals surface area contributed by atoms with Crippen LogP contribution in [0.5, 0.6) is 5.75 Å². The summed E-state index contributed by atoms with van der Waals surface area (Å²) in [6, 6.07) is 6.29. The molecule has 100 valence electrons. The molecule has 19 heavy (non-hydrogen) atoms. The molecule has 0 amide bonds. The molecule has 0 saturated carbocycles. The molecule has 0 atom stereocenters. The second-order valence-electron chi connectivity index (χ2n) is 3.51. The van der Waals surface area contributed by atoms with Crippen molar-refractivity contribution in [2.45, 2.75) is 0 Å². The molecule has 0 bridgehead atoms. The first-order valence-electron chi connectivity index (χ1n) is 5.03. The normalized spacial score (nSPS) is 10.5. The maximum absolute atomic E-state index is 11.8. The van der Waals surface area contributed by atoms with Gasteiger partial charge in [0.2, 0.25) is 5.78 Å². The molecule has 0 spiro atoms. The van der Waals surface area contributed by atoms with Crippen molar-refractivity contribution in [3.05, 3.63) is 48.5 Å². The van der Waals surface area contributed by atoms with Crippen LogP contribution in [0.4, 0.5) is 0 Å². The van der Waals surface area contributed by atoms with Crippen LogP contribution in [-0.4, -0.2) is 12.4 Å². The van der Waals surface area contributed by atoms with Gasteiger partial charge in [0.25, 0.3) is 0 Å². The predicted molar refractivity (Wildman–Crippen MR) is 80.6 cm³/mol. The molecule has 1 aromatic carbocycles. The summed E-state index contributed by atoms with van der Waals surface area (Å²) < 4.78 is 5.89. The van der Waals surface area contributed by atoms with Gasteiger partial charge in [-0.25, -0.2) is 0 Å². The van der Waals surface area contributed by atoms with Gasteiger partial charge in [-0.15, -0.1) is 11.3 Å². The van der Waals surface area contributed by atoms with Gasteiger partial charge in [-0.2, -0.15) is 0 Å². The topological polar surface area (TPSA) is 26.3 Å². The Morgan fingerprint density at radius 2 is 1.74 bits per heavy atom. The Bertz CT molecular complexity index is 601. The van der Waals surface area contributed by atoms with Crippen molar-refractivity contribution >= 4 is 63.5 Å². The van der Waals surface area contributed by atoms with Crippen molar-refractivity contribution in [1.29, 1.82) is 0 Å². The van der Waals surface area contributed by atoms with Crippen molar-refractivity contribution < 1.29 is 9.53 Å². The van der Waals surface area contributed by atoms with E-state index in [1.54, 1.807) is 12.1 Å². The van der Waals surface area contributed by atoms with Crippen molar-refractivity contribution in [3.8, 4) is 5.75 Å². The van der Waals surface area contributed by atoms with Crippen LogP contribution in [0.1, 0.15) is 9.67 Å². The number of halogens is 4. The molecule has 0 aliphatic carbocycles. The largest absolute Gasteiger partial charge is 0.482 e. The molecule has 1 aromatic heterocycles. The second-order valence-corrected chi connectivity index (χ2v) is 6.48. The van der Waals surface area contributed by atoms with Crippen LogP contribution >= 0.6 is 57.7 Å². The zero-order valence-electron chi connectivity index (χ0n) is 9.25. The van der Waals surface area contributed by atoms with Crippen LogP contribution in [0.15, 0.2) is 24.3 Å². The third kappa shape index (κ3) is 3.77. The zero-order valence-corrected chi connectivity index (χ0v) is 13.1. The maximum atomic E-state index is 11.8. The van der Waals surface area contributed by atoms with Gasteiger partial charge in [-0.1, -0.05) is 46.4 Å². The van der Waals surface area contributed by atoms with E-state index in [0.717, 1.165) is 0 Å². The standard InChI is InChI=1S/C12H6Cl4O2S/c13-6-3-7(14)12(8(15)4-6)18-5-9(17)10-1-2-11(16)19-10/h1-4H,5H2. The first-order chi connectivity index (χ1) is 8.97. The molecule has 7 heteroatoms. The molecule has 2 nitrogen and oxygen atoms in total. The SMILES string of the molecule is O=C(COc1c(Cl)cc(Cl)cc1Cl)c1ccc(Cl)s1. The lowest BCUT2D eigenvalue weighted by Crippen LogP contribution is -2.10. The van der Waals surface area contributed by atoms with Gasteiger partial charge in [-0.3, -0.25) is 4.79 Å². The third-order valence-electron chi connectivity index (χ3n) is 2.16. The lowest BCUT2D eigenvalue weighted by atomic mass is 10.3. The van der Waals surface area contributed by atoms with Gasteiger partial charge < -0.3 is 4.74 Å². The van der Waals surface area contributed by atoms with E-state index in [4.69, 9.17) is 51.1 Å². The van der Waals surface area contributed by atoms with E-state index in [9.17, 15) is 4.79 Å². The number of rotatable bonds is 4. The summed E-state index contributed by atoms with van der Waals surface area (Å²) in [5.74, 6) is 0.0442. The molecule has 2 rings (SSSR count). The van der Waals surface area contributed by atoms with Crippen LogP contribution in [0.3, 0.4) is 0 Å². The Morgan fingerprint density at radius 1 is 1.11 bits per heavy atom. The van der Waals surface area contributed by atoms with Crippen LogP contribution in [0.25, 0.3) is 0 Å². The number of carbonyl (C=O) groups excluding carboxylic acids is 1. The minimum atomic E-state index is -0.195. The summed E-state index contributed by atoms with van der Waals surface area (Å²) in [5, 5.41) is 0.919. The van der Waals surface area contributed by atoms with Gasteiger partial charge in [0.05, 0.1) is 19.3 Å². The van der Waals surface area contributed by atoms with E-state index >= 15 is 0 Å². The summed E-state index contributed by atoms with van der Waals surface area (Å²) in [7, 11) is 0. The molecular weight excluding hydrogens is 350 g/mol. The molecule has 2 aromatic rings. The van der Waals surface area contributed by atoms with Crippen LogP contribution in [-0.2, 0) is 0 Å². The monoisotopic (exact) mass is 354 g/mol. The van der Waals surface area contributed by atoms with E-state index in [-0.39, 0.29) is 28.2 Å². The lowest BCUT2D eigenvalue weighted by Gasteiger charge is -2.09. The Morgan fingerprint density at radius 3 is 2.26 bits per heavy atom. The summed E-state index contributed by atoms with van der Waals surface area (Å²) in [6.07, 6.45) is 0. The van der Waals surface area contributed by atoms with E-state index in [2.05, 4.69) is 0 Å². The molecule has 0 N–H and O–H groups in total. The smallest absolute Gasteiger partial charge is 0.210 e. The second kappa shape index (κ2) is 6.33. The van der Waals surface area contributed by atoms with Crippen LogP contribution < -0.4 is 4.74 Å². The quantitative estimate of drug-likeness (QED) is 0.665. The minimum absolute atomic E-state index is 0.169. The average molecular weight is 356 g/mol. The predicted octanol–water partition coefficient (Wildman–Crippen LogP) is 5.62. The molecule has 1 heterocycles. The van der Waals surface area contributed by atoms with Gasteiger partial charge in [0.15, 0.2) is 12.4 Å². The zero-order chi connectivity index (χ0) is 14.0. The minimum Gasteiger partial charge on any atom is -0.482 e. The third-order valence-corrected chi connectivity index (χ3v) is 4.21.